The Morgan fingerprint density at radius 2 is 1.91 bits per heavy atom. The predicted octanol–water partition coefficient (Wildman–Crippen LogP) is 6.66. The third kappa shape index (κ3) is 6.05. The molecule has 14 heteroatoms. The summed E-state index contributed by atoms with van der Waals surface area (Å²) in [4.78, 5) is 37.1. The average Bonchev–Trinajstić information content (AvgIpc) is 3.79. The number of phenolic OH excluding ortho intramolecular Hbond substituents is 1. The van der Waals surface area contributed by atoms with Crippen LogP contribution in [0.25, 0.3) is 39.0 Å². The lowest BCUT2D eigenvalue weighted by molar-refractivity contribution is -0.131. The van der Waals surface area contributed by atoms with Crippen LogP contribution in [-0.4, -0.2) is 97.3 Å². The number of fused-ring (bicyclic) bond motifs is 5. The first-order chi connectivity index (χ1) is 27.0. The molecular formula is C42H37F4N7O3. The number of aromatic hydroxyl groups is 1. The molecule has 5 aromatic rings. The molecule has 2 bridgehead atoms. The number of halogens is 4. The standard InChI is InChI=1S/C42H37F4N7O3/c1-3-30-33(44)8-5-24-14-29(54)16-31(35(24)30)37-36(46)38-32(18-48-37)39(50-41(49-38)56-22-42-10-4-12-52(42)19-25(43)17-42)51-20-27-6-7-28(21-51)53(27)40(55)34(45)15-26-13-23(2)9-11-47-26/h1,5,8-9,11,13-16,18,25,27-28,54H,4,6-7,10,12,17,19-22H2,2H3/b34-15-/t25-,27-,28+,42+/m1/s1. The summed E-state index contributed by atoms with van der Waals surface area (Å²) in [5, 5.41) is 11.5. The molecule has 7 heterocycles. The second-order valence-corrected chi connectivity index (χ2v) is 15.3. The summed E-state index contributed by atoms with van der Waals surface area (Å²) >= 11 is 0. The van der Waals surface area contributed by atoms with Gasteiger partial charge >= 0.3 is 6.01 Å². The molecule has 1 N–H and O–H groups in total. The van der Waals surface area contributed by atoms with E-state index in [2.05, 4.69) is 25.8 Å². The number of carbonyl (C=O) groups excluding carboxylic acids is 1. The average molecular weight is 764 g/mol. The number of rotatable bonds is 7. The van der Waals surface area contributed by atoms with Crippen molar-refractivity contribution in [2.75, 3.05) is 37.7 Å². The Labute approximate surface area is 319 Å². The van der Waals surface area contributed by atoms with Gasteiger partial charge in [0.2, 0.25) is 0 Å². The minimum absolute atomic E-state index is 0.0658. The number of hydrogen-bond acceptors (Lipinski definition) is 9. The van der Waals surface area contributed by atoms with Gasteiger partial charge in [-0.1, -0.05) is 12.0 Å². The molecule has 9 rings (SSSR count). The van der Waals surface area contributed by atoms with Gasteiger partial charge in [-0.05, 0) is 80.4 Å². The van der Waals surface area contributed by atoms with E-state index in [1.165, 1.54) is 30.5 Å². The summed E-state index contributed by atoms with van der Waals surface area (Å²) in [6, 6.07) is 7.90. The van der Waals surface area contributed by atoms with E-state index in [0.717, 1.165) is 31.0 Å². The highest BCUT2D eigenvalue weighted by Crippen LogP contribution is 2.43. The number of pyridine rings is 2. The number of piperazine rings is 1. The molecule has 2 aromatic carbocycles. The Bertz CT molecular complexity index is 2500. The van der Waals surface area contributed by atoms with Crippen LogP contribution in [0.1, 0.15) is 48.9 Å². The van der Waals surface area contributed by atoms with Gasteiger partial charge < -0.3 is 19.6 Å². The first-order valence-electron chi connectivity index (χ1n) is 18.7. The van der Waals surface area contributed by atoms with Crippen molar-refractivity contribution < 1.29 is 32.2 Å². The summed E-state index contributed by atoms with van der Waals surface area (Å²) in [5.74, 6) is -0.757. The van der Waals surface area contributed by atoms with E-state index in [9.17, 15) is 18.7 Å². The van der Waals surface area contributed by atoms with Crippen molar-refractivity contribution in [3.8, 4) is 35.4 Å². The summed E-state index contributed by atoms with van der Waals surface area (Å²) in [6.07, 6.45) is 12.0. The largest absolute Gasteiger partial charge is 0.508 e. The lowest BCUT2D eigenvalue weighted by Gasteiger charge is -2.41. The molecule has 0 radical (unpaired) electrons. The maximum atomic E-state index is 17.1. The predicted molar refractivity (Wildman–Crippen MR) is 202 cm³/mol. The fourth-order valence-corrected chi connectivity index (χ4v) is 9.28. The molecule has 286 valence electrons. The van der Waals surface area contributed by atoms with E-state index in [1.54, 1.807) is 23.2 Å². The van der Waals surface area contributed by atoms with Crippen LogP contribution in [0.15, 0.2) is 54.6 Å². The van der Waals surface area contributed by atoms with Gasteiger partial charge in [0.25, 0.3) is 5.91 Å². The first kappa shape index (κ1) is 35.9. The van der Waals surface area contributed by atoms with Crippen molar-refractivity contribution >= 4 is 39.5 Å². The highest BCUT2D eigenvalue weighted by atomic mass is 19.1. The second-order valence-electron chi connectivity index (χ2n) is 15.3. The smallest absolute Gasteiger partial charge is 0.319 e. The van der Waals surface area contributed by atoms with Gasteiger partial charge in [-0.3, -0.25) is 19.7 Å². The van der Waals surface area contributed by atoms with E-state index < -0.39 is 35.1 Å². The fourth-order valence-electron chi connectivity index (χ4n) is 9.28. The molecule has 10 nitrogen and oxygen atoms in total. The van der Waals surface area contributed by atoms with Gasteiger partial charge in [-0.25, -0.2) is 17.6 Å². The van der Waals surface area contributed by atoms with Crippen molar-refractivity contribution in [1.29, 1.82) is 0 Å². The number of alkyl halides is 1. The zero-order chi connectivity index (χ0) is 38.9. The van der Waals surface area contributed by atoms with Crippen LogP contribution in [0, 0.1) is 30.9 Å². The number of aromatic nitrogens is 4. The number of phenols is 1. The number of aryl methyl sites for hydroxylation is 1. The zero-order valence-corrected chi connectivity index (χ0v) is 30.5. The van der Waals surface area contributed by atoms with Crippen molar-refractivity contribution in [3.05, 3.63) is 83.1 Å². The quantitative estimate of drug-likeness (QED) is 0.111. The molecular weight excluding hydrogens is 726 g/mol. The molecule has 4 fully saturated rings. The lowest BCUT2D eigenvalue weighted by atomic mass is 9.95. The molecule has 1 amide bonds. The van der Waals surface area contributed by atoms with Crippen LogP contribution in [0.4, 0.5) is 23.4 Å². The normalized spacial score (nSPS) is 23.6. The molecule has 4 aliphatic heterocycles. The van der Waals surface area contributed by atoms with Gasteiger partial charge in [0.05, 0.1) is 34.3 Å². The molecule has 0 aliphatic carbocycles. The Hall–Kier alpha value is -5.81. The minimum atomic E-state index is -0.991. The van der Waals surface area contributed by atoms with E-state index in [4.69, 9.17) is 16.1 Å². The van der Waals surface area contributed by atoms with E-state index in [-0.39, 0.29) is 76.7 Å². The minimum Gasteiger partial charge on any atom is -0.508 e. The number of amides is 1. The number of nitrogens with zero attached hydrogens (tertiary/aromatic N) is 7. The number of carbonyl (C=O) groups is 1. The van der Waals surface area contributed by atoms with Crippen molar-refractivity contribution in [2.24, 2.45) is 0 Å². The monoisotopic (exact) mass is 763 g/mol. The number of hydrogen-bond donors (Lipinski definition) is 1. The Morgan fingerprint density at radius 3 is 2.68 bits per heavy atom. The van der Waals surface area contributed by atoms with E-state index in [0.29, 0.717) is 42.7 Å². The van der Waals surface area contributed by atoms with Crippen LogP contribution < -0.4 is 9.64 Å². The highest BCUT2D eigenvalue weighted by Gasteiger charge is 2.50. The topological polar surface area (TPSA) is 108 Å². The zero-order valence-electron chi connectivity index (χ0n) is 30.5. The third-order valence-electron chi connectivity index (χ3n) is 11.8. The summed E-state index contributed by atoms with van der Waals surface area (Å²) in [6.45, 7) is 3.54. The molecule has 0 unspecified atom stereocenters. The van der Waals surface area contributed by atoms with Crippen LogP contribution in [0.3, 0.4) is 0 Å². The third-order valence-corrected chi connectivity index (χ3v) is 11.8. The summed E-state index contributed by atoms with van der Waals surface area (Å²) < 4.78 is 68.4. The maximum Gasteiger partial charge on any atom is 0.319 e. The highest BCUT2D eigenvalue weighted by molar-refractivity contribution is 6.03. The number of benzene rings is 2. The molecule has 56 heavy (non-hydrogen) atoms. The van der Waals surface area contributed by atoms with Crippen LogP contribution >= 0.6 is 0 Å². The number of ether oxygens (including phenoxy) is 1. The van der Waals surface area contributed by atoms with Gasteiger partial charge in [0.1, 0.15) is 41.4 Å². The van der Waals surface area contributed by atoms with Crippen molar-refractivity contribution in [3.63, 3.8) is 0 Å². The molecule has 4 aliphatic rings. The molecule has 4 saturated heterocycles. The van der Waals surface area contributed by atoms with Gasteiger partial charge in [0, 0.05) is 55.5 Å². The van der Waals surface area contributed by atoms with E-state index in [1.807, 2.05) is 11.8 Å². The van der Waals surface area contributed by atoms with Gasteiger partial charge in [-0.15, -0.1) is 6.42 Å². The lowest BCUT2D eigenvalue weighted by Crippen LogP contribution is -2.56. The van der Waals surface area contributed by atoms with Crippen molar-refractivity contribution in [2.45, 2.75) is 62.8 Å². The first-order valence-corrected chi connectivity index (χ1v) is 18.7. The summed E-state index contributed by atoms with van der Waals surface area (Å²) in [7, 11) is 0. The second kappa shape index (κ2) is 13.7. The Morgan fingerprint density at radius 1 is 1.11 bits per heavy atom. The fraction of sp³-hybridized carbons (Fsp3) is 0.357. The van der Waals surface area contributed by atoms with Crippen LogP contribution in [0.5, 0.6) is 11.8 Å². The number of anilines is 1. The molecule has 4 atom stereocenters. The van der Waals surface area contributed by atoms with Crippen LogP contribution in [-0.2, 0) is 4.79 Å². The molecule has 0 saturated carbocycles. The van der Waals surface area contributed by atoms with Gasteiger partial charge in [0.15, 0.2) is 11.6 Å². The summed E-state index contributed by atoms with van der Waals surface area (Å²) in [5.41, 5.74) is 0.270. The van der Waals surface area contributed by atoms with Crippen LogP contribution in [0.2, 0.25) is 0 Å². The molecule has 3 aromatic heterocycles. The Balaban J connectivity index is 1.11. The number of terminal acetylenes is 1. The maximum absolute atomic E-state index is 17.1. The van der Waals surface area contributed by atoms with E-state index >= 15 is 8.78 Å². The Kier molecular flexibility index (Phi) is 8.80. The molecule has 0 spiro atoms. The van der Waals surface area contributed by atoms with Gasteiger partial charge in [-0.2, -0.15) is 9.97 Å². The van der Waals surface area contributed by atoms with Crippen molar-refractivity contribution in [1.82, 2.24) is 29.7 Å². The SMILES string of the molecule is C#Cc1c(F)ccc2cc(O)cc(-c3ncc4c(N5C[C@H]6CC[C@@H](C5)N6C(=O)/C(F)=C/c5cc(C)ccn5)nc(OC[C@@]56CCCN5C[C@H](F)C6)nc4c3F)c12.